The van der Waals surface area contributed by atoms with Crippen molar-refractivity contribution in [1.82, 2.24) is 15.2 Å². The van der Waals surface area contributed by atoms with Gasteiger partial charge in [-0.1, -0.05) is 36.4 Å². The van der Waals surface area contributed by atoms with Crippen molar-refractivity contribution in [2.45, 2.75) is 25.4 Å². The number of aromatic nitrogens is 1. The van der Waals surface area contributed by atoms with Crippen LogP contribution in [0.5, 0.6) is 5.88 Å². The minimum Gasteiger partial charge on any atom is -0.474 e. The second-order valence-electron chi connectivity index (χ2n) is 11.5. The van der Waals surface area contributed by atoms with E-state index in [0.29, 0.717) is 55.9 Å². The summed E-state index contributed by atoms with van der Waals surface area (Å²) in [6, 6.07) is 27.6. The van der Waals surface area contributed by atoms with Gasteiger partial charge in [0.2, 0.25) is 5.88 Å². The first-order valence-corrected chi connectivity index (χ1v) is 15.1. The third-order valence-corrected chi connectivity index (χ3v) is 8.02. The molecular weight excluding hydrogens is 550 g/mol. The minimum absolute atomic E-state index is 0.0258. The lowest BCUT2D eigenvalue weighted by molar-refractivity contribution is 0.0584. The summed E-state index contributed by atoms with van der Waals surface area (Å²) in [5.74, 6) is 0.218. The number of nitrogens with zero attached hydrogens (tertiary/aromatic N) is 4. The zero-order valence-corrected chi connectivity index (χ0v) is 26.0. The zero-order valence-electron chi connectivity index (χ0n) is 26.0. The molecule has 228 valence electrons. The molecule has 5 rings (SSSR count). The van der Waals surface area contributed by atoms with Gasteiger partial charge >= 0.3 is 0 Å². The molecule has 0 unspecified atom stereocenters. The molecule has 1 saturated heterocycles. The number of rotatable bonds is 10. The minimum atomic E-state index is -0.236. The Morgan fingerprint density at radius 1 is 0.795 bits per heavy atom. The van der Waals surface area contributed by atoms with E-state index in [1.54, 1.807) is 24.3 Å². The van der Waals surface area contributed by atoms with Gasteiger partial charge in [-0.2, -0.15) is 0 Å². The van der Waals surface area contributed by atoms with Crippen LogP contribution in [0.4, 0.5) is 11.4 Å². The molecule has 3 aromatic carbocycles. The number of anilines is 2. The summed E-state index contributed by atoms with van der Waals surface area (Å²) in [5.41, 5.74) is 6.39. The lowest BCUT2D eigenvalue weighted by atomic mass is 10.0. The average Bonchev–Trinajstić information content (AvgIpc) is 3.05. The Morgan fingerprint density at radius 3 is 1.98 bits per heavy atom. The van der Waals surface area contributed by atoms with E-state index in [9.17, 15) is 9.59 Å². The molecule has 2 heterocycles. The van der Waals surface area contributed by atoms with Crippen LogP contribution < -0.4 is 19.9 Å². The number of hydrogen-bond donors (Lipinski definition) is 1. The molecule has 2 amide bonds. The van der Waals surface area contributed by atoms with Crippen molar-refractivity contribution in [2.24, 2.45) is 0 Å². The van der Waals surface area contributed by atoms with Gasteiger partial charge in [0.15, 0.2) is 0 Å². The lowest BCUT2D eigenvalue weighted by Crippen LogP contribution is -2.42. The normalized spacial score (nSPS) is 13.3. The van der Waals surface area contributed by atoms with Crippen LogP contribution in [0.2, 0.25) is 0 Å². The van der Waals surface area contributed by atoms with E-state index >= 15 is 0 Å². The smallest absolute Gasteiger partial charge is 0.254 e. The fourth-order valence-corrected chi connectivity index (χ4v) is 5.33. The molecule has 1 aromatic heterocycles. The summed E-state index contributed by atoms with van der Waals surface area (Å²) in [4.78, 5) is 37.0. The van der Waals surface area contributed by atoms with Gasteiger partial charge in [0.1, 0.15) is 6.10 Å². The van der Waals surface area contributed by atoms with E-state index in [1.807, 2.05) is 51.4 Å². The summed E-state index contributed by atoms with van der Waals surface area (Å²) in [6.07, 6.45) is 3.91. The summed E-state index contributed by atoms with van der Waals surface area (Å²) >= 11 is 0. The second-order valence-corrected chi connectivity index (χ2v) is 11.5. The number of piperidine rings is 1. The number of benzene rings is 3. The summed E-state index contributed by atoms with van der Waals surface area (Å²) in [6.45, 7) is 1.60. The molecule has 8 nitrogen and oxygen atoms in total. The van der Waals surface area contributed by atoms with Gasteiger partial charge in [-0.05, 0) is 60.0 Å². The van der Waals surface area contributed by atoms with Crippen LogP contribution >= 0.6 is 0 Å². The molecular formula is C36H41N5O3. The first kappa shape index (κ1) is 30.6. The van der Waals surface area contributed by atoms with Crippen molar-refractivity contribution in [3.05, 3.63) is 108 Å². The van der Waals surface area contributed by atoms with Gasteiger partial charge in [0.05, 0.1) is 11.1 Å². The van der Waals surface area contributed by atoms with Gasteiger partial charge in [0.25, 0.3) is 11.8 Å². The highest BCUT2D eigenvalue weighted by molar-refractivity contribution is 6.07. The maximum atomic E-state index is 13.5. The van der Waals surface area contributed by atoms with E-state index < -0.39 is 0 Å². The molecule has 4 aromatic rings. The fourth-order valence-electron chi connectivity index (χ4n) is 5.33. The highest BCUT2D eigenvalue weighted by atomic mass is 16.5. The van der Waals surface area contributed by atoms with Gasteiger partial charge in [0, 0.05) is 89.9 Å². The van der Waals surface area contributed by atoms with Gasteiger partial charge < -0.3 is 24.8 Å². The van der Waals surface area contributed by atoms with Crippen molar-refractivity contribution in [3.8, 4) is 17.0 Å². The van der Waals surface area contributed by atoms with Crippen molar-refractivity contribution in [2.75, 3.05) is 57.6 Å². The van der Waals surface area contributed by atoms with Crippen molar-refractivity contribution < 1.29 is 14.3 Å². The van der Waals surface area contributed by atoms with E-state index in [1.165, 1.54) is 0 Å². The molecule has 0 atom stereocenters. The molecule has 1 aliphatic rings. The van der Waals surface area contributed by atoms with Gasteiger partial charge in [-0.15, -0.1) is 0 Å². The van der Waals surface area contributed by atoms with Crippen LogP contribution in [-0.2, 0) is 6.42 Å². The van der Waals surface area contributed by atoms with Crippen molar-refractivity contribution in [1.29, 1.82) is 0 Å². The quantitative estimate of drug-likeness (QED) is 0.261. The predicted octanol–water partition coefficient (Wildman–Crippen LogP) is 5.54. The monoisotopic (exact) mass is 591 g/mol. The Kier molecular flexibility index (Phi) is 9.79. The van der Waals surface area contributed by atoms with Crippen LogP contribution in [-0.4, -0.2) is 75.6 Å². The third kappa shape index (κ3) is 7.56. The Bertz CT molecular complexity index is 1540. The first-order valence-electron chi connectivity index (χ1n) is 15.1. The van der Waals surface area contributed by atoms with Crippen molar-refractivity contribution in [3.63, 3.8) is 0 Å². The maximum absolute atomic E-state index is 13.5. The van der Waals surface area contributed by atoms with Gasteiger partial charge in [-0.25, -0.2) is 4.98 Å². The molecule has 8 heteroatoms. The molecule has 0 radical (unpaired) electrons. The lowest BCUT2D eigenvalue weighted by Gasteiger charge is -2.32. The van der Waals surface area contributed by atoms with Crippen LogP contribution in [0.3, 0.4) is 0 Å². The fraction of sp³-hybridized carbons (Fsp3) is 0.306. The molecule has 1 N–H and O–H groups in total. The van der Waals surface area contributed by atoms with E-state index in [2.05, 4.69) is 68.6 Å². The number of nitrogens with one attached hydrogen (secondary N) is 1. The number of likely N-dealkylation sites (tertiary alicyclic amines) is 1. The summed E-state index contributed by atoms with van der Waals surface area (Å²) < 4.78 is 6.17. The van der Waals surface area contributed by atoms with E-state index in [0.717, 1.165) is 28.1 Å². The largest absolute Gasteiger partial charge is 0.474 e. The average molecular weight is 592 g/mol. The molecule has 1 fully saturated rings. The molecule has 1 aliphatic heterocycles. The van der Waals surface area contributed by atoms with E-state index in [4.69, 9.17) is 4.74 Å². The van der Waals surface area contributed by atoms with Gasteiger partial charge in [-0.3, -0.25) is 9.59 Å². The molecule has 44 heavy (non-hydrogen) atoms. The Morgan fingerprint density at radius 2 is 1.39 bits per heavy atom. The number of ether oxygens (including phenoxy) is 1. The van der Waals surface area contributed by atoms with Crippen LogP contribution in [0.1, 0.15) is 39.1 Å². The summed E-state index contributed by atoms with van der Waals surface area (Å²) in [5, 5.41) is 2.99. The third-order valence-electron chi connectivity index (χ3n) is 8.02. The summed E-state index contributed by atoms with van der Waals surface area (Å²) in [7, 11) is 8.06. The SMILES string of the molecule is CN(C)c1ccc(CCNC(=O)c2ccccc2C(=O)N2CCC(Oc3ccc(-c4ccc(N(C)C)cc4)cn3)CC2)cc1. The number of pyridine rings is 1. The molecule has 0 aliphatic carbocycles. The Hall–Kier alpha value is -4.85. The van der Waals surface area contributed by atoms with Crippen LogP contribution in [0, 0.1) is 0 Å². The molecule has 0 saturated carbocycles. The molecule has 0 bridgehead atoms. The maximum Gasteiger partial charge on any atom is 0.254 e. The Labute approximate surface area is 260 Å². The number of carbonyl (C=O) groups excluding carboxylic acids is 2. The van der Waals surface area contributed by atoms with E-state index in [-0.39, 0.29) is 17.9 Å². The van der Waals surface area contributed by atoms with Crippen LogP contribution in [0.15, 0.2) is 91.1 Å². The highest BCUT2D eigenvalue weighted by Crippen LogP contribution is 2.25. The second kappa shape index (κ2) is 14.1. The van der Waals surface area contributed by atoms with Crippen molar-refractivity contribution >= 4 is 23.2 Å². The number of carbonyl (C=O) groups is 2. The standard InChI is InChI=1S/C36H41N5O3/c1-39(2)29-14-9-26(10-15-29)19-22-37-35(42)32-7-5-6-8-33(32)36(43)41-23-20-31(21-24-41)44-34-18-13-28(25-38-34)27-11-16-30(17-12-27)40(3)4/h5-18,25,31H,19-24H2,1-4H3,(H,37,42). The zero-order chi connectivity index (χ0) is 31.1. The predicted molar refractivity (Wildman–Crippen MR) is 177 cm³/mol. The Balaban J connectivity index is 1.12. The molecule has 0 spiro atoms. The number of amides is 2. The number of hydrogen-bond acceptors (Lipinski definition) is 6. The highest BCUT2D eigenvalue weighted by Gasteiger charge is 2.27. The van der Waals surface area contributed by atoms with Crippen LogP contribution in [0.25, 0.3) is 11.1 Å². The first-order chi connectivity index (χ1) is 21.3. The topological polar surface area (TPSA) is 78.0 Å².